The van der Waals surface area contributed by atoms with E-state index in [0.717, 1.165) is 12.5 Å². The molecule has 1 heteroatoms. The van der Waals surface area contributed by atoms with Gasteiger partial charge in [-0.25, -0.2) is 0 Å². The highest BCUT2D eigenvalue weighted by Gasteiger charge is 2.73. The molecule has 0 unspecified atom stereocenters. The first-order valence-electron chi connectivity index (χ1n) is 5.92. The second-order valence-electron chi connectivity index (χ2n) is 6.48. The molecule has 1 nitrogen and oxygen atoms in total. The molecule has 0 aromatic carbocycles. The van der Waals surface area contributed by atoms with E-state index < -0.39 is 0 Å². The lowest BCUT2D eigenvalue weighted by atomic mass is 10.0. The minimum Gasteiger partial charge on any atom is -0.310 e. The molecule has 1 rings (SSSR count). The molecule has 1 aliphatic carbocycles. The molecule has 14 heavy (non-hydrogen) atoms. The molecule has 0 atom stereocenters. The maximum Gasteiger partial charge on any atom is 0.0266 e. The van der Waals surface area contributed by atoms with Gasteiger partial charge < -0.3 is 5.32 Å². The molecule has 1 N–H and O–H groups in total. The van der Waals surface area contributed by atoms with Gasteiger partial charge in [0, 0.05) is 5.54 Å². The summed E-state index contributed by atoms with van der Waals surface area (Å²) in [5.41, 5.74) is 1.18. The van der Waals surface area contributed by atoms with Crippen LogP contribution in [-0.4, -0.2) is 12.1 Å². The first-order chi connectivity index (χ1) is 6.17. The van der Waals surface area contributed by atoms with Crippen LogP contribution in [0.5, 0.6) is 0 Å². The lowest BCUT2D eigenvalue weighted by Gasteiger charge is -2.19. The van der Waals surface area contributed by atoms with Gasteiger partial charge in [-0.2, -0.15) is 0 Å². The van der Waals surface area contributed by atoms with Gasteiger partial charge in [0.25, 0.3) is 0 Å². The molecule has 84 valence electrons. The van der Waals surface area contributed by atoms with Crippen molar-refractivity contribution in [3.63, 3.8) is 0 Å². The standard InChI is InChI=1S/C13H27N/c1-10(2)8-9-14-13(7)11(3,4)12(13,5)6/h10,14H,8-9H2,1-7H3. The van der Waals surface area contributed by atoms with Gasteiger partial charge in [0.2, 0.25) is 0 Å². The summed E-state index contributed by atoms with van der Waals surface area (Å²) >= 11 is 0. The van der Waals surface area contributed by atoms with E-state index >= 15 is 0 Å². The van der Waals surface area contributed by atoms with Crippen LogP contribution in [0.1, 0.15) is 54.9 Å². The van der Waals surface area contributed by atoms with Gasteiger partial charge in [0.1, 0.15) is 0 Å². The number of rotatable bonds is 4. The van der Waals surface area contributed by atoms with Crippen molar-refractivity contribution in [1.29, 1.82) is 0 Å². The molecular formula is C13H27N. The van der Waals surface area contributed by atoms with Crippen molar-refractivity contribution in [3.8, 4) is 0 Å². The Morgan fingerprint density at radius 2 is 1.36 bits per heavy atom. The van der Waals surface area contributed by atoms with E-state index in [1.165, 1.54) is 6.42 Å². The molecule has 0 spiro atoms. The predicted molar refractivity (Wildman–Crippen MR) is 63.4 cm³/mol. The fourth-order valence-electron chi connectivity index (χ4n) is 2.65. The SMILES string of the molecule is CC(C)CCNC1(C)C(C)(C)C1(C)C. The predicted octanol–water partition coefficient (Wildman–Crippen LogP) is 3.45. The monoisotopic (exact) mass is 197 g/mol. The van der Waals surface area contributed by atoms with E-state index in [1.807, 2.05) is 0 Å². The van der Waals surface area contributed by atoms with Crippen LogP contribution in [0.25, 0.3) is 0 Å². The van der Waals surface area contributed by atoms with E-state index in [-0.39, 0.29) is 0 Å². The normalized spacial score (nSPS) is 26.6. The third-order valence-electron chi connectivity index (χ3n) is 5.20. The smallest absolute Gasteiger partial charge is 0.0266 e. The highest BCUT2D eigenvalue weighted by molar-refractivity contribution is 5.27. The van der Waals surface area contributed by atoms with Gasteiger partial charge in [-0.3, -0.25) is 0 Å². The quantitative estimate of drug-likeness (QED) is 0.728. The first kappa shape index (κ1) is 12.0. The maximum absolute atomic E-state index is 3.74. The summed E-state index contributed by atoms with van der Waals surface area (Å²) in [6, 6.07) is 0. The number of hydrogen-bond acceptors (Lipinski definition) is 1. The van der Waals surface area contributed by atoms with E-state index in [9.17, 15) is 0 Å². The molecule has 1 fully saturated rings. The fourth-order valence-corrected chi connectivity index (χ4v) is 2.65. The fraction of sp³-hybridized carbons (Fsp3) is 1.00. The topological polar surface area (TPSA) is 12.0 Å². The largest absolute Gasteiger partial charge is 0.310 e. The average Bonchev–Trinajstić information content (AvgIpc) is 2.29. The van der Waals surface area contributed by atoms with Gasteiger partial charge in [-0.15, -0.1) is 0 Å². The zero-order valence-electron chi connectivity index (χ0n) is 11.0. The van der Waals surface area contributed by atoms with Crippen LogP contribution in [0.2, 0.25) is 0 Å². The maximum atomic E-state index is 3.74. The van der Waals surface area contributed by atoms with Crippen LogP contribution in [0.3, 0.4) is 0 Å². The van der Waals surface area contributed by atoms with Crippen LogP contribution in [0.15, 0.2) is 0 Å². The van der Waals surface area contributed by atoms with Crippen molar-refractivity contribution in [2.45, 2.75) is 60.4 Å². The van der Waals surface area contributed by atoms with Crippen LogP contribution in [0.4, 0.5) is 0 Å². The van der Waals surface area contributed by atoms with Crippen LogP contribution >= 0.6 is 0 Å². The summed E-state index contributed by atoms with van der Waals surface area (Å²) in [5, 5.41) is 3.74. The van der Waals surface area contributed by atoms with E-state index in [4.69, 9.17) is 0 Å². The summed E-state index contributed by atoms with van der Waals surface area (Å²) in [4.78, 5) is 0. The van der Waals surface area contributed by atoms with Gasteiger partial charge in [0.15, 0.2) is 0 Å². The highest BCUT2D eigenvalue weighted by Crippen LogP contribution is 2.70. The number of hydrogen-bond donors (Lipinski definition) is 1. The van der Waals surface area contributed by atoms with Crippen LogP contribution in [-0.2, 0) is 0 Å². The molecule has 1 saturated carbocycles. The molecule has 0 amide bonds. The Labute approximate surface area is 89.7 Å². The van der Waals surface area contributed by atoms with Gasteiger partial charge in [0.05, 0.1) is 0 Å². The molecule has 1 aliphatic rings. The van der Waals surface area contributed by atoms with Gasteiger partial charge in [-0.05, 0) is 36.6 Å². The molecule has 0 aromatic heterocycles. The summed E-state index contributed by atoms with van der Waals surface area (Å²) < 4.78 is 0. The zero-order chi connectivity index (χ0) is 11.2. The van der Waals surface area contributed by atoms with Crippen molar-refractivity contribution in [2.24, 2.45) is 16.7 Å². The van der Waals surface area contributed by atoms with E-state index in [1.54, 1.807) is 0 Å². The van der Waals surface area contributed by atoms with E-state index in [2.05, 4.69) is 53.8 Å². The summed E-state index contributed by atoms with van der Waals surface area (Å²) in [6.45, 7) is 17.6. The molecular weight excluding hydrogens is 170 g/mol. The van der Waals surface area contributed by atoms with Crippen molar-refractivity contribution < 1.29 is 0 Å². The molecule has 0 bridgehead atoms. The Morgan fingerprint density at radius 1 is 0.929 bits per heavy atom. The summed E-state index contributed by atoms with van der Waals surface area (Å²) in [6.07, 6.45) is 1.28. The van der Waals surface area contributed by atoms with E-state index in [0.29, 0.717) is 16.4 Å². The minimum absolute atomic E-state index is 0.328. The Bertz CT molecular complexity index is 199. The van der Waals surface area contributed by atoms with Crippen molar-refractivity contribution in [3.05, 3.63) is 0 Å². The van der Waals surface area contributed by atoms with Gasteiger partial charge in [-0.1, -0.05) is 41.5 Å². The lowest BCUT2D eigenvalue weighted by Crippen LogP contribution is -2.36. The third-order valence-corrected chi connectivity index (χ3v) is 5.20. The highest BCUT2D eigenvalue weighted by atomic mass is 15.1. The molecule has 0 aromatic rings. The summed E-state index contributed by atoms with van der Waals surface area (Å²) in [5.74, 6) is 0.802. The Kier molecular flexibility index (Phi) is 2.78. The second kappa shape index (κ2) is 3.23. The number of nitrogens with one attached hydrogen (secondary N) is 1. The molecule has 0 heterocycles. The Hall–Kier alpha value is -0.0400. The minimum atomic E-state index is 0.328. The zero-order valence-corrected chi connectivity index (χ0v) is 11.0. The molecule has 0 saturated heterocycles. The average molecular weight is 197 g/mol. The Balaban J connectivity index is 2.47. The lowest BCUT2D eigenvalue weighted by molar-refractivity contribution is 0.399. The van der Waals surface area contributed by atoms with Crippen molar-refractivity contribution in [1.82, 2.24) is 5.32 Å². The van der Waals surface area contributed by atoms with Crippen LogP contribution in [0, 0.1) is 16.7 Å². The van der Waals surface area contributed by atoms with Crippen molar-refractivity contribution in [2.75, 3.05) is 6.54 Å². The third kappa shape index (κ3) is 1.41. The second-order valence-corrected chi connectivity index (χ2v) is 6.48. The van der Waals surface area contributed by atoms with Gasteiger partial charge >= 0.3 is 0 Å². The Morgan fingerprint density at radius 3 is 1.64 bits per heavy atom. The van der Waals surface area contributed by atoms with Crippen LogP contribution < -0.4 is 5.32 Å². The first-order valence-corrected chi connectivity index (χ1v) is 5.92. The summed E-state index contributed by atoms with van der Waals surface area (Å²) in [7, 11) is 0. The molecule has 0 aliphatic heterocycles. The van der Waals surface area contributed by atoms with Crippen molar-refractivity contribution >= 4 is 0 Å². The molecule has 0 radical (unpaired) electrons.